The summed E-state index contributed by atoms with van der Waals surface area (Å²) in [6, 6.07) is 18.4. The molecule has 1 aliphatic heterocycles. The van der Waals surface area contributed by atoms with Gasteiger partial charge >= 0.3 is 0 Å². The maximum Gasteiger partial charge on any atom is 0.154 e. The molecule has 1 saturated heterocycles. The standard InChI is InChI=1S/C24H22FN3O2/c25-21-4-1-3-19(15-21)18-6-8-22(9-7-18)28-17-20(16-27-10-13-29-14-11-27)24(26-28)23-5-2-12-30-23/h1-9,12,15,17H,10-11,13-14,16H2. The van der Waals surface area contributed by atoms with Gasteiger partial charge in [0.15, 0.2) is 5.76 Å². The Morgan fingerprint density at radius 1 is 0.933 bits per heavy atom. The topological polar surface area (TPSA) is 43.4 Å². The molecular formula is C24H22FN3O2. The summed E-state index contributed by atoms with van der Waals surface area (Å²) in [5.41, 5.74) is 4.72. The van der Waals surface area contributed by atoms with Crippen LogP contribution in [0.2, 0.25) is 0 Å². The van der Waals surface area contributed by atoms with Crippen LogP contribution in [0.4, 0.5) is 4.39 Å². The summed E-state index contributed by atoms with van der Waals surface area (Å²) in [7, 11) is 0. The lowest BCUT2D eigenvalue weighted by Crippen LogP contribution is -2.35. The van der Waals surface area contributed by atoms with Crippen LogP contribution in [0.25, 0.3) is 28.3 Å². The second-order valence-electron chi connectivity index (χ2n) is 7.37. The molecule has 6 heteroatoms. The predicted molar refractivity (Wildman–Crippen MR) is 113 cm³/mol. The zero-order valence-electron chi connectivity index (χ0n) is 16.5. The maximum absolute atomic E-state index is 13.5. The van der Waals surface area contributed by atoms with E-state index >= 15 is 0 Å². The highest BCUT2D eigenvalue weighted by Gasteiger charge is 2.19. The van der Waals surface area contributed by atoms with Crippen molar-refractivity contribution in [1.82, 2.24) is 14.7 Å². The minimum atomic E-state index is -0.237. The lowest BCUT2D eigenvalue weighted by molar-refractivity contribution is 0.0342. The molecule has 0 spiro atoms. The molecule has 0 saturated carbocycles. The number of hydrogen-bond acceptors (Lipinski definition) is 4. The van der Waals surface area contributed by atoms with Crippen LogP contribution in [-0.4, -0.2) is 41.0 Å². The fourth-order valence-corrected chi connectivity index (χ4v) is 3.75. The van der Waals surface area contributed by atoms with Gasteiger partial charge in [0, 0.05) is 31.4 Å². The molecule has 0 radical (unpaired) electrons. The number of morpholine rings is 1. The minimum absolute atomic E-state index is 0.237. The molecule has 0 N–H and O–H groups in total. The molecule has 0 amide bonds. The van der Waals surface area contributed by atoms with E-state index < -0.39 is 0 Å². The van der Waals surface area contributed by atoms with E-state index in [1.54, 1.807) is 18.4 Å². The molecule has 1 fully saturated rings. The predicted octanol–water partition coefficient (Wildman–Crippen LogP) is 4.77. The van der Waals surface area contributed by atoms with E-state index in [4.69, 9.17) is 14.3 Å². The van der Waals surface area contributed by atoms with Crippen molar-refractivity contribution < 1.29 is 13.5 Å². The summed E-state index contributed by atoms with van der Waals surface area (Å²) < 4.78 is 26.5. The Balaban J connectivity index is 1.46. The van der Waals surface area contributed by atoms with Gasteiger partial charge in [0.1, 0.15) is 11.5 Å². The van der Waals surface area contributed by atoms with Crippen molar-refractivity contribution in [3.8, 4) is 28.3 Å². The van der Waals surface area contributed by atoms with Crippen LogP contribution in [0.1, 0.15) is 5.56 Å². The molecule has 5 rings (SSSR count). The minimum Gasteiger partial charge on any atom is -0.463 e. The number of hydrogen-bond donors (Lipinski definition) is 0. The zero-order valence-corrected chi connectivity index (χ0v) is 16.5. The third kappa shape index (κ3) is 3.92. The van der Waals surface area contributed by atoms with Crippen molar-refractivity contribution in [1.29, 1.82) is 0 Å². The smallest absolute Gasteiger partial charge is 0.154 e. The molecule has 5 nitrogen and oxygen atoms in total. The Hall–Kier alpha value is -3.22. The van der Waals surface area contributed by atoms with E-state index in [9.17, 15) is 4.39 Å². The van der Waals surface area contributed by atoms with Crippen molar-refractivity contribution in [2.75, 3.05) is 26.3 Å². The first kappa shape index (κ1) is 18.8. The number of rotatable bonds is 5. The first-order chi connectivity index (χ1) is 14.8. The van der Waals surface area contributed by atoms with Crippen LogP contribution in [0.15, 0.2) is 77.5 Å². The molecule has 2 aromatic carbocycles. The molecule has 2 aromatic heterocycles. The van der Waals surface area contributed by atoms with Gasteiger partial charge in [-0.25, -0.2) is 9.07 Å². The molecule has 0 aliphatic carbocycles. The average molecular weight is 403 g/mol. The lowest BCUT2D eigenvalue weighted by Gasteiger charge is -2.26. The van der Waals surface area contributed by atoms with Gasteiger partial charge in [0.25, 0.3) is 0 Å². The van der Waals surface area contributed by atoms with E-state index in [-0.39, 0.29) is 5.82 Å². The summed E-state index contributed by atoms with van der Waals surface area (Å²) in [5.74, 6) is 0.521. The summed E-state index contributed by atoms with van der Waals surface area (Å²) in [4.78, 5) is 2.37. The SMILES string of the molecule is Fc1cccc(-c2ccc(-n3cc(CN4CCOCC4)c(-c4ccco4)n3)cc2)c1. The first-order valence-electron chi connectivity index (χ1n) is 10.1. The first-order valence-corrected chi connectivity index (χ1v) is 10.1. The molecule has 0 bridgehead atoms. The largest absolute Gasteiger partial charge is 0.463 e. The van der Waals surface area contributed by atoms with Gasteiger partial charge in [-0.3, -0.25) is 4.90 Å². The van der Waals surface area contributed by atoms with Gasteiger partial charge in [-0.15, -0.1) is 0 Å². The maximum atomic E-state index is 13.5. The van der Waals surface area contributed by atoms with Crippen molar-refractivity contribution in [3.05, 3.63) is 84.5 Å². The van der Waals surface area contributed by atoms with E-state index in [2.05, 4.69) is 11.1 Å². The highest BCUT2D eigenvalue weighted by molar-refractivity contribution is 5.65. The molecule has 0 atom stereocenters. The van der Waals surface area contributed by atoms with Crippen LogP contribution in [0, 0.1) is 5.82 Å². The quantitative estimate of drug-likeness (QED) is 0.481. The molecule has 3 heterocycles. The Kier molecular flexibility index (Phi) is 5.17. The van der Waals surface area contributed by atoms with Crippen LogP contribution >= 0.6 is 0 Å². The summed E-state index contributed by atoms with van der Waals surface area (Å²) in [6.07, 6.45) is 3.73. The summed E-state index contributed by atoms with van der Waals surface area (Å²) in [5, 5.41) is 4.81. The highest BCUT2D eigenvalue weighted by atomic mass is 19.1. The second kappa shape index (κ2) is 8.26. The van der Waals surface area contributed by atoms with Crippen molar-refractivity contribution in [2.45, 2.75) is 6.54 Å². The van der Waals surface area contributed by atoms with Gasteiger partial charge < -0.3 is 9.15 Å². The Morgan fingerprint density at radius 2 is 1.77 bits per heavy atom. The summed E-state index contributed by atoms with van der Waals surface area (Å²) >= 11 is 0. The van der Waals surface area contributed by atoms with Crippen LogP contribution in [-0.2, 0) is 11.3 Å². The average Bonchev–Trinajstić information content (AvgIpc) is 3.45. The molecular weight excluding hydrogens is 381 g/mol. The summed E-state index contributed by atoms with van der Waals surface area (Å²) in [6.45, 7) is 4.12. The highest BCUT2D eigenvalue weighted by Crippen LogP contribution is 2.27. The fourth-order valence-electron chi connectivity index (χ4n) is 3.75. The normalized spacial score (nSPS) is 14.8. The number of furan rings is 1. The molecule has 4 aromatic rings. The molecule has 30 heavy (non-hydrogen) atoms. The van der Waals surface area contributed by atoms with E-state index in [0.29, 0.717) is 0 Å². The van der Waals surface area contributed by atoms with Crippen LogP contribution < -0.4 is 0 Å². The number of benzene rings is 2. The number of ether oxygens (including phenoxy) is 1. The number of halogens is 1. The van der Waals surface area contributed by atoms with Crippen LogP contribution in [0.3, 0.4) is 0 Å². The monoisotopic (exact) mass is 403 g/mol. The third-order valence-corrected chi connectivity index (χ3v) is 5.33. The third-order valence-electron chi connectivity index (χ3n) is 5.33. The Labute approximate surface area is 174 Å². The Morgan fingerprint density at radius 3 is 2.50 bits per heavy atom. The van der Waals surface area contributed by atoms with Gasteiger partial charge in [0.2, 0.25) is 0 Å². The Bertz CT molecular complexity index is 1110. The zero-order chi connectivity index (χ0) is 20.3. The lowest BCUT2D eigenvalue weighted by atomic mass is 10.1. The van der Waals surface area contributed by atoms with Crippen molar-refractivity contribution in [2.24, 2.45) is 0 Å². The van der Waals surface area contributed by atoms with Gasteiger partial charge in [-0.1, -0.05) is 24.3 Å². The van der Waals surface area contributed by atoms with Gasteiger partial charge in [0.05, 0.1) is 25.2 Å². The second-order valence-corrected chi connectivity index (χ2v) is 7.37. The fraction of sp³-hybridized carbons (Fsp3) is 0.208. The molecule has 152 valence electrons. The van der Waals surface area contributed by atoms with Crippen LogP contribution in [0.5, 0.6) is 0 Å². The number of nitrogens with zero attached hydrogens (tertiary/aromatic N) is 3. The van der Waals surface area contributed by atoms with E-state index in [1.165, 1.54) is 6.07 Å². The van der Waals surface area contributed by atoms with Gasteiger partial charge in [-0.2, -0.15) is 5.10 Å². The van der Waals surface area contributed by atoms with E-state index in [1.807, 2.05) is 47.1 Å². The molecule has 1 aliphatic rings. The number of aromatic nitrogens is 2. The van der Waals surface area contributed by atoms with Crippen molar-refractivity contribution >= 4 is 0 Å². The van der Waals surface area contributed by atoms with E-state index in [0.717, 1.165) is 66.7 Å². The van der Waals surface area contributed by atoms with Crippen molar-refractivity contribution in [3.63, 3.8) is 0 Å². The van der Waals surface area contributed by atoms with Gasteiger partial charge in [-0.05, 0) is 47.5 Å². The molecule has 0 unspecified atom stereocenters.